The molecule has 0 saturated carbocycles. The number of carbonyl (C=O) groups excluding carboxylic acids is 1. The van der Waals surface area contributed by atoms with E-state index in [1.165, 1.54) is 38.5 Å². The zero-order chi connectivity index (χ0) is 14.5. The van der Waals surface area contributed by atoms with Crippen LogP contribution >= 0.6 is 0 Å². The second kappa shape index (κ2) is 12.5. The quantitative estimate of drug-likeness (QED) is 0.430. The Morgan fingerprint density at radius 3 is 2.05 bits per heavy atom. The van der Waals surface area contributed by atoms with Gasteiger partial charge in [-0.05, 0) is 12.3 Å². The summed E-state index contributed by atoms with van der Waals surface area (Å²) < 4.78 is 5.21. The molecule has 0 aromatic carbocycles. The first-order valence-corrected chi connectivity index (χ1v) is 8.05. The van der Waals surface area contributed by atoms with Gasteiger partial charge >= 0.3 is 5.97 Å². The molecule has 0 unspecified atom stereocenters. The first-order chi connectivity index (χ1) is 9.13. The van der Waals surface area contributed by atoms with Gasteiger partial charge in [0.15, 0.2) is 0 Å². The second-order valence-electron chi connectivity index (χ2n) is 5.55. The molecule has 0 rings (SSSR count). The maximum absolute atomic E-state index is 11.6. The van der Waals surface area contributed by atoms with Crippen molar-refractivity contribution in [2.75, 3.05) is 6.61 Å². The molecule has 0 radical (unpaired) electrons. The SMILES string of the molecule is CCCCCCCCCCOC(=O)[C@@H](N)[C@@H](C)CC. The lowest BCUT2D eigenvalue weighted by Crippen LogP contribution is -2.38. The molecule has 0 aliphatic carbocycles. The van der Waals surface area contributed by atoms with E-state index in [9.17, 15) is 4.79 Å². The van der Waals surface area contributed by atoms with Crippen LogP contribution in [0, 0.1) is 5.92 Å². The Labute approximate surface area is 119 Å². The van der Waals surface area contributed by atoms with E-state index in [-0.39, 0.29) is 11.9 Å². The zero-order valence-corrected chi connectivity index (χ0v) is 13.1. The molecule has 2 N–H and O–H groups in total. The summed E-state index contributed by atoms with van der Waals surface area (Å²) in [5.41, 5.74) is 5.81. The molecule has 0 aromatic heterocycles. The Morgan fingerprint density at radius 2 is 1.53 bits per heavy atom. The minimum atomic E-state index is -0.459. The normalized spacial score (nSPS) is 14.1. The van der Waals surface area contributed by atoms with E-state index in [1.54, 1.807) is 0 Å². The summed E-state index contributed by atoms with van der Waals surface area (Å²) >= 11 is 0. The maximum atomic E-state index is 11.6. The van der Waals surface area contributed by atoms with Crippen LogP contribution in [0.4, 0.5) is 0 Å². The average molecular weight is 271 g/mol. The third-order valence-corrected chi connectivity index (χ3v) is 3.77. The molecule has 0 amide bonds. The van der Waals surface area contributed by atoms with Gasteiger partial charge in [-0.2, -0.15) is 0 Å². The number of unbranched alkanes of at least 4 members (excludes halogenated alkanes) is 7. The van der Waals surface area contributed by atoms with Crippen LogP contribution in [0.5, 0.6) is 0 Å². The van der Waals surface area contributed by atoms with Crippen molar-refractivity contribution < 1.29 is 9.53 Å². The number of rotatable bonds is 12. The lowest BCUT2D eigenvalue weighted by atomic mass is 10.0. The van der Waals surface area contributed by atoms with Crippen molar-refractivity contribution in [2.45, 2.75) is 84.6 Å². The summed E-state index contributed by atoms with van der Waals surface area (Å²) in [4.78, 5) is 11.6. The van der Waals surface area contributed by atoms with Gasteiger partial charge in [0, 0.05) is 0 Å². The molecule has 3 heteroatoms. The Bertz CT molecular complexity index is 219. The van der Waals surface area contributed by atoms with Gasteiger partial charge in [0.2, 0.25) is 0 Å². The molecule has 0 aliphatic rings. The summed E-state index contributed by atoms with van der Waals surface area (Å²) in [5, 5.41) is 0. The van der Waals surface area contributed by atoms with Crippen molar-refractivity contribution >= 4 is 5.97 Å². The van der Waals surface area contributed by atoms with Crippen LogP contribution in [0.1, 0.15) is 78.6 Å². The molecule has 0 fully saturated rings. The van der Waals surface area contributed by atoms with E-state index in [2.05, 4.69) is 6.92 Å². The van der Waals surface area contributed by atoms with Gasteiger partial charge < -0.3 is 10.5 Å². The lowest BCUT2D eigenvalue weighted by Gasteiger charge is -2.16. The van der Waals surface area contributed by atoms with E-state index in [0.717, 1.165) is 19.3 Å². The van der Waals surface area contributed by atoms with Gasteiger partial charge in [0.1, 0.15) is 6.04 Å². The molecule has 0 heterocycles. The number of carbonyl (C=O) groups is 1. The van der Waals surface area contributed by atoms with E-state index >= 15 is 0 Å². The summed E-state index contributed by atoms with van der Waals surface area (Å²) in [6, 6.07) is -0.459. The fourth-order valence-corrected chi connectivity index (χ4v) is 1.99. The Hall–Kier alpha value is -0.570. The average Bonchev–Trinajstić information content (AvgIpc) is 2.43. The number of nitrogens with two attached hydrogens (primary N) is 1. The van der Waals surface area contributed by atoms with E-state index in [0.29, 0.717) is 6.61 Å². The highest BCUT2D eigenvalue weighted by Crippen LogP contribution is 2.09. The second-order valence-corrected chi connectivity index (χ2v) is 5.55. The van der Waals surface area contributed by atoms with E-state index < -0.39 is 6.04 Å². The van der Waals surface area contributed by atoms with Gasteiger partial charge in [0.05, 0.1) is 6.61 Å². The highest BCUT2D eigenvalue weighted by Gasteiger charge is 2.20. The molecule has 0 saturated heterocycles. The Balaban J connectivity index is 3.36. The summed E-state index contributed by atoms with van der Waals surface area (Å²) in [7, 11) is 0. The standard InChI is InChI=1S/C16H33NO2/c1-4-6-7-8-9-10-11-12-13-19-16(18)15(17)14(3)5-2/h14-15H,4-13,17H2,1-3H3/t14-,15-/m0/s1. The topological polar surface area (TPSA) is 52.3 Å². The first kappa shape index (κ1) is 18.4. The van der Waals surface area contributed by atoms with E-state index in [1.807, 2.05) is 13.8 Å². The predicted molar refractivity (Wildman–Crippen MR) is 81.0 cm³/mol. The monoisotopic (exact) mass is 271 g/mol. The molecule has 0 aliphatic heterocycles. The molecule has 0 bridgehead atoms. The lowest BCUT2D eigenvalue weighted by molar-refractivity contribution is -0.146. The summed E-state index contributed by atoms with van der Waals surface area (Å²) in [6.07, 6.45) is 10.9. The van der Waals surface area contributed by atoms with Crippen molar-refractivity contribution in [1.29, 1.82) is 0 Å². The maximum Gasteiger partial charge on any atom is 0.323 e. The van der Waals surface area contributed by atoms with Crippen LogP contribution < -0.4 is 5.73 Å². The van der Waals surface area contributed by atoms with Crippen molar-refractivity contribution in [3.05, 3.63) is 0 Å². The van der Waals surface area contributed by atoms with Gasteiger partial charge in [0.25, 0.3) is 0 Å². The fourth-order valence-electron chi connectivity index (χ4n) is 1.99. The van der Waals surface area contributed by atoms with Gasteiger partial charge in [-0.1, -0.05) is 72.1 Å². The molecule has 114 valence electrons. The number of hydrogen-bond acceptors (Lipinski definition) is 3. The van der Waals surface area contributed by atoms with Crippen LogP contribution in [-0.2, 0) is 9.53 Å². The zero-order valence-electron chi connectivity index (χ0n) is 13.1. The number of esters is 1. The van der Waals surface area contributed by atoms with Crippen LogP contribution in [0.2, 0.25) is 0 Å². The van der Waals surface area contributed by atoms with Crippen molar-refractivity contribution in [2.24, 2.45) is 11.7 Å². The van der Waals surface area contributed by atoms with Crippen molar-refractivity contribution in [3.8, 4) is 0 Å². The largest absolute Gasteiger partial charge is 0.465 e. The molecule has 19 heavy (non-hydrogen) atoms. The molecule has 0 aromatic rings. The molecule has 0 spiro atoms. The van der Waals surface area contributed by atoms with Gasteiger partial charge in [-0.3, -0.25) is 4.79 Å². The molecule has 2 atom stereocenters. The van der Waals surface area contributed by atoms with Crippen molar-refractivity contribution in [3.63, 3.8) is 0 Å². The smallest absolute Gasteiger partial charge is 0.323 e. The highest BCUT2D eigenvalue weighted by molar-refractivity contribution is 5.75. The number of ether oxygens (including phenoxy) is 1. The molecule has 3 nitrogen and oxygen atoms in total. The van der Waals surface area contributed by atoms with Crippen LogP contribution in [-0.4, -0.2) is 18.6 Å². The minimum Gasteiger partial charge on any atom is -0.465 e. The van der Waals surface area contributed by atoms with Gasteiger partial charge in [-0.25, -0.2) is 0 Å². The fraction of sp³-hybridized carbons (Fsp3) is 0.938. The minimum absolute atomic E-state index is 0.200. The Morgan fingerprint density at radius 1 is 1.00 bits per heavy atom. The number of hydrogen-bond donors (Lipinski definition) is 1. The van der Waals surface area contributed by atoms with Gasteiger partial charge in [-0.15, -0.1) is 0 Å². The van der Waals surface area contributed by atoms with Crippen LogP contribution in [0.3, 0.4) is 0 Å². The highest BCUT2D eigenvalue weighted by atomic mass is 16.5. The molecular formula is C16H33NO2. The summed E-state index contributed by atoms with van der Waals surface area (Å²) in [6.45, 7) is 6.79. The van der Waals surface area contributed by atoms with Crippen molar-refractivity contribution in [1.82, 2.24) is 0 Å². The first-order valence-electron chi connectivity index (χ1n) is 8.05. The van der Waals surface area contributed by atoms with E-state index in [4.69, 9.17) is 10.5 Å². The third kappa shape index (κ3) is 9.94. The Kier molecular flexibility index (Phi) is 12.1. The van der Waals surface area contributed by atoms with Crippen LogP contribution in [0.15, 0.2) is 0 Å². The third-order valence-electron chi connectivity index (χ3n) is 3.77. The summed E-state index contributed by atoms with van der Waals surface area (Å²) in [5.74, 6) is -0.0386. The van der Waals surface area contributed by atoms with Crippen LogP contribution in [0.25, 0.3) is 0 Å². The molecular weight excluding hydrogens is 238 g/mol. The predicted octanol–water partition coefficient (Wildman–Crippen LogP) is 4.04.